The molecule has 0 N–H and O–H groups in total. The molecule has 0 aromatic carbocycles. The van der Waals surface area contributed by atoms with Crippen LogP contribution in [-0.4, -0.2) is 12.6 Å². The van der Waals surface area contributed by atoms with Gasteiger partial charge in [0.25, 0.3) is 0 Å². The van der Waals surface area contributed by atoms with E-state index in [9.17, 15) is 4.79 Å². The number of carbonyl (C=O) groups is 1. The van der Waals surface area contributed by atoms with Crippen LogP contribution in [0.1, 0.15) is 16.6 Å². The summed E-state index contributed by atoms with van der Waals surface area (Å²) in [5.74, 6) is -0.211. The van der Waals surface area contributed by atoms with E-state index in [-0.39, 0.29) is 5.97 Å². The SMILES string of the molecule is CCOC(=O)c1cc2c(I)csc2s1. The van der Waals surface area contributed by atoms with Crippen LogP contribution >= 0.6 is 45.3 Å². The first-order chi connectivity index (χ1) is 6.72. The molecule has 14 heavy (non-hydrogen) atoms. The zero-order valence-corrected chi connectivity index (χ0v) is 11.2. The molecule has 2 aromatic heterocycles. The molecule has 0 aliphatic carbocycles. The number of halogens is 1. The molecule has 0 unspecified atom stereocenters. The molecule has 0 radical (unpaired) electrons. The van der Waals surface area contributed by atoms with Crippen molar-refractivity contribution in [3.8, 4) is 0 Å². The van der Waals surface area contributed by atoms with Crippen molar-refractivity contribution in [2.45, 2.75) is 6.92 Å². The average molecular weight is 338 g/mol. The molecule has 0 saturated heterocycles. The largest absolute Gasteiger partial charge is 0.462 e. The zero-order valence-electron chi connectivity index (χ0n) is 7.37. The number of rotatable bonds is 2. The summed E-state index contributed by atoms with van der Waals surface area (Å²) < 4.78 is 7.34. The van der Waals surface area contributed by atoms with E-state index in [0.29, 0.717) is 11.5 Å². The highest BCUT2D eigenvalue weighted by molar-refractivity contribution is 14.1. The Morgan fingerprint density at radius 2 is 2.43 bits per heavy atom. The van der Waals surface area contributed by atoms with Gasteiger partial charge >= 0.3 is 5.97 Å². The van der Waals surface area contributed by atoms with E-state index in [1.807, 2.05) is 13.0 Å². The lowest BCUT2D eigenvalue weighted by Gasteiger charge is -1.96. The Hall–Kier alpha value is -0.140. The van der Waals surface area contributed by atoms with Gasteiger partial charge in [-0.3, -0.25) is 0 Å². The molecule has 0 aliphatic rings. The molecular formula is C9H7IO2S2. The summed E-state index contributed by atoms with van der Waals surface area (Å²) in [6.45, 7) is 2.25. The maximum Gasteiger partial charge on any atom is 0.348 e. The van der Waals surface area contributed by atoms with Crippen LogP contribution in [0.15, 0.2) is 11.4 Å². The molecule has 0 amide bonds. The van der Waals surface area contributed by atoms with Crippen LogP contribution in [0.4, 0.5) is 0 Å². The maximum atomic E-state index is 11.4. The number of thiophene rings is 2. The van der Waals surface area contributed by atoms with Crippen LogP contribution in [0.2, 0.25) is 0 Å². The Morgan fingerprint density at radius 3 is 3.07 bits per heavy atom. The Kier molecular flexibility index (Phi) is 3.08. The smallest absolute Gasteiger partial charge is 0.348 e. The lowest BCUT2D eigenvalue weighted by Crippen LogP contribution is -2.01. The van der Waals surface area contributed by atoms with Crippen molar-refractivity contribution in [2.24, 2.45) is 0 Å². The van der Waals surface area contributed by atoms with Gasteiger partial charge < -0.3 is 4.74 Å². The predicted molar refractivity (Wildman–Crippen MR) is 68.4 cm³/mol. The first-order valence-corrected chi connectivity index (χ1v) is 6.83. The minimum Gasteiger partial charge on any atom is -0.462 e. The summed E-state index contributed by atoms with van der Waals surface area (Å²) in [5.41, 5.74) is 0. The normalized spacial score (nSPS) is 10.7. The van der Waals surface area contributed by atoms with Gasteiger partial charge in [0.05, 0.1) is 10.6 Å². The van der Waals surface area contributed by atoms with Crippen LogP contribution in [0.5, 0.6) is 0 Å². The number of hydrogen-bond acceptors (Lipinski definition) is 4. The Balaban J connectivity index is 2.40. The minimum absolute atomic E-state index is 0.211. The van der Waals surface area contributed by atoms with Gasteiger partial charge in [-0.2, -0.15) is 0 Å². The standard InChI is InChI=1S/C9H7IO2S2/c1-2-12-8(11)7-3-5-6(10)4-13-9(5)14-7/h3-4H,2H2,1H3. The van der Waals surface area contributed by atoms with Crippen molar-refractivity contribution in [1.82, 2.24) is 0 Å². The van der Waals surface area contributed by atoms with Crippen LogP contribution in [0, 0.1) is 3.57 Å². The molecule has 2 nitrogen and oxygen atoms in total. The molecule has 0 saturated carbocycles. The van der Waals surface area contributed by atoms with Gasteiger partial charge in [-0.05, 0) is 35.6 Å². The highest BCUT2D eigenvalue weighted by atomic mass is 127. The first kappa shape index (κ1) is 10.4. The second-order valence-electron chi connectivity index (χ2n) is 2.62. The number of carbonyl (C=O) groups excluding carboxylic acids is 1. The summed E-state index contributed by atoms with van der Waals surface area (Å²) in [7, 11) is 0. The molecule has 0 atom stereocenters. The van der Waals surface area contributed by atoms with Gasteiger partial charge in [-0.25, -0.2) is 4.79 Å². The van der Waals surface area contributed by atoms with Crippen molar-refractivity contribution < 1.29 is 9.53 Å². The number of ether oxygens (including phenoxy) is 1. The summed E-state index contributed by atoms with van der Waals surface area (Å²) in [6.07, 6.45) is 0. The summed E-state index contributed by atoms with van der Waals surface area (Å²) in [6, 6.07) is 1.91. The predicted octanol–water partition coefficient (Wildman–Crippen LogP) is 3.74. The molecular weight excluding hydrogens is 331 g/mol. The molecule has 0 aliphatic heterocycles. The van der Waals surface area contributed by atoms with Crippen LogP contribution in [0.25, 0.3) is 9.40 Å². The highest BCUT2D eigenvalue weighted by Gasteiger charge is 2.13. The minimum atomic E-state index is -0.211. The monoisotopic (exact) mass is 338 g/mol. The fraction of sp³-hybridized carbons (Fsp3) is 0.222. The number of hydrogen-bond donors (Lipinski definition) is 0. The zero-order chi connectivity index (χ0) is 10.1. The Bertz CT molecular complexity index is 472. The van der Waals surface area contributed by atoms with Crippen LogP contribution < -0.4 is 0 Å². The van der Waals surface area contributed by atoms with Gasteiger partial charge in [-0.1, -0.05) is 0 Å². The fourth-order valence-electron chi connectivity index (χ4n) is 1.10. The molecule has 0 fully saturated rings. The van der Waals surface area contributed by atoms with E-state index in [4.69, 9.17) is 4.74 Å². The maximum absolute atomic E-state index is 11.4. The Labute approximate surface area is 103 Å². The van der Waals surface area contributed by atoms with Crippen molar-refractivity contribution in [3.05, 3.63) is 19.9 Å². The number of fused-ring (bicyclic) bond motifs is 1. The molecule has 74 valence electrons. The average Bonchev–Trinajstić information content (AvgIpc) is 2.69. The molecule has 0 bridgehead atoms. The van der Waals surface area contributed by atoms with E-state index < -0.39 is 0 Å². The van der Waals surface area contributed by atoms with Crippen molar-refractivity contribution in [2.75, 3.05) is 6.61 Å². The summed E-state index contributed by atoms with van der Waals surface area (Å²) >= 11 is 5.46. The number of esters is 1. The van der Waals surface area contributed by atoms with Gasteiger partial charge in [0, 0.05) is 14.3 Å². The van der Waals surface area contributed by atoms with E-state index >= 15 is 0 Å². The van der Waals surface area contributed by atoms with E-state index in [1.54, 1.807) is 11.3 Å². The van der Waals surface area contributed by atoms with Gasteiger partial charge in [0.1, 0.15) is 4.88 Å². The fourth-order valence-corrected chi connectivity index (χ4v) is 4.31. The van der Waals surface area contributed by atoms with Crippen molar-refractivity contribution in [1.29, 1.82) is 0 Å². The molecule has 2 heterocycles. The van der Waals surface area contributed by atoms with Crippen LogP contribution in [-0.2, 0) is 4.74 Å². The van der Waals surface area contributed by atoms with E-state index in [0.717, 1.165) is 0 Å². The third kappa shape index (κ3) is 1.80. The molecule has 0 spiro atoms. The molecule has 5 heteroatoms. The quantitative estimate of drug-likeness (QED) is 0.616. The summed E-state index contributed by atoms with van der Waals surface area (Å²) in [5, 5.41) is 3.26. The first-order valence-electron chi connectivity index (χ1n) is 4.06. The van der Waals surface area contributed by atoms with E-state index in [2.05, 4.69) is 28.0 Å². The second-order valence-corrected chi connectivity index (χ2v) is 5.97. The topological polar surface area (TPSA) is 26.3 Å². The third-order valence-electron chi connectivity index (χ3n) is 1.70. The van der Waals surface area contributed by atoms with Crippen LogP contribution in [0.3, 0.4) is 0 Å². The summed E-state index contributed by atoms with van der Waals surface area (Å²) in [4.78, 5) is 12.1. The molecule has 2 aromatic rings. The van der Waals surface area contributed by atoms with E-state index in [1.165, 1.54) is 24.3 Å². The van der Waals surface area contributed by atoms with Crippen molar-refractivity contribution in [3.63, 3.8) is 0 Å². The second kappa shape index (κ2) is 4.16. The van der Waals surface area contributed by atoms with Gasteiger partial charge in [0.15, 0.2) is 0 Å². The Morgan fingerprint density at radius 1 is 1.64 bits per heavy atom. The third-order valence-corrected chi connectivity index (χ3v) is 5.25. The van der Waals surface area contributed by atoms with Gasteiger partial charge in [0.2, 0.25) is 0 Å². The lowest BCUT2D eigenvalue weighted by atomic mass is 10.4. The van der Waals surface area contributed by atoms with Crippen molar-refractivity contribution >= 4 is 60.6 Å². The molecule has 2 rings (SSSR count). The highest BCUT2D eigenvalue weighted by Crippen LogP contribution is 2.34. The van der Waals surface area contributed by atoms with Gasteiger partial charge in [-0.15, -0.1) is 22.7 Å². The lowest BCUT2D eigenvalue weighted by molar-refractivity contribution is 0.0532.